The Morgan fingerprint density at radius 1 is 1.29 bits per heavy atom. The van der Waals surface area contributed by atoms with Crippen LogP contribution in [-0.2, 0) is 11.3 Å². The summed E-state index contributed by atoms with van der Waals surface area (Å²) in [6.07, 6.45) is 4.21. The first-order valence-corrected chi connectivity index (χ1v) is 12.5. The molecule has 0 radical (unpaired) electrons. The lowest BCUT2D eigenvalue weighted by Gasteiger charge is -2.24. The van der Waals surface area contributed by atoms with Crippen molar-refractivity contribution in [1.82, 2.24) is 14.9 Å². The minimum atomic E-state index is -0.190. The van der Waals surface area contributed by atoms with Crippen molar-refractivity contribution in [1.29, 1.82) is 0 Å². The number of anilines is 2. The standard InChI is InChI=1S/C24H35ClN6O3/c1-2-27-23(32)21-22(28-10-9-26)30-24(29-18-7-11-33-12-8-18)31(21)14-17-5-6-20(19(25)13-17)34-15-16-3-4-16/h5-6,13,16,18,28H,2-4,7-12,14-15,26H2,1H3,(H,27,32)(H,29,30). The first kappa shape index (κ1) is 24.6. The van der Waals surface area contributed by atoms with E-state index in [1.165, 1.54) is 12.8 Å². The molecule has 0 atom stereocenters. The van der Waals surface area contributed by atoms with Crippen molar-refractivity contribution in [2.75, 3.05) is 50.1 Å². The zero-order valence-electron chi connectivity index (χ0n) is 19.7. The van der Waals surface area contributed by atoms with Crippen LogP contribution in [0.25, 0.3) is 0 Å². The lowest BCUT2D eigenvalue weighted by atomic mass is 10.1. The summed E-state index contributed by atoms with van der Waals surface area (Å²) < 4.78 is 13.3. The average Bonchev–Trinajstić information content (AvgIpc) is 3.60. The number of nitrogens with one attached hydrogen (secondary N) is 3. The minimum Gasteiger partial charge on any atom is -0.492 e. The second kappa shape index (κ2) is 11.8. The lowest BCUT2D eigenvalue weighted by Crippen LogP contribution is -2.30. The van der Waals surface area contributed by atoms with Crippen molar-refractivity contribution in [3.8, 4) is 5.75 Å². The highest BCUT2D eigenvalue weighted by atomic mass is 35.5. The Morgan fingerprint density at radius 2 is 2.09 bits per heavy atom. The van der Waals surface area contributed by atoms with E-state index in [0.717, 1.165) is 18.4 Å². The van der Waals surface area contributed by atoms with Crippen molar-refractivity contribution in [3.05, 3.63) is 34.5 Å². The third-order valence-electron chi connectivity index (χ3n) is 6.02. The number of carbonyl (C=O) groups excluding carboxylic acids is 1. The summed E-state index contributed by atoms with van der Waals surface area (Å²) >= 11 is 6.54. The number of nitrogens with two attached hydrogens (primary N) is 1. The molecule has 0 unspecified atom stereocenters. The van der Waals surface area contributed by atoms with Gasteiger partial charge in [-0.25, -0.2) is 0 Å². The van der Waals surface area contributed by atoms with Gasteiger partial charge in [-0.2, -0.15) is 4.98 Å². The van der Waals surface area contributed by atoms with Gasteiger partial charge in [0.2, 0.25) is 5.95 Å². The van der Waals surface area contributed by atoms with Gasteiger partial charge in [0.05, 0.1) is 18.2 Å². The quantitative estimate of drug-likeness (QED) is 0.361. The first-order valence-electron chi connectivity index (χ1n) is 12.2. The molecule has 10 heteroatoms. The average molecular weight is 491 g/mol. The predicted molar refractivity (Wildman–Crippen MR) is 134 cm³/mol. The number of imidazole rings is 1. The summed E-state index contributed by atoms with van der Waals surface area (Å²) in [5.74, 6) is 2.31. The number of carbonyl (C=O) groups is 1. The zero-order valence-corrected chi connectivity index (χ0v) is 20.5. The Labute approximate surface area is 205 Å². The monoisotopic (exact) mass is 490 g/mol. The number of ether oxygens (including phenoxy) is 2. The van der Waals surface area contributed by atoms with E-state index in [2.05, 4.69) is 16.0 Å². The van der Waals surface area contributed by atoms with E-state index >= 15 is 0 Å². The normalized spacial score (nSPS) is 16.3. The van der Waals surface area contributed by atoms with Gasteiger partial charge in [0.1, 0.15) is 5.75 Å². The van der Waals surface area contributed by atoms with Crippen LogP contribution in [0.15, 0.2) is 18.2 Å². The summed E-state index contributed by atoms with van der Waals surface area (Å²) in [7, 11) is 0. The highest BCUT2D eigenvalue weighted by molar-refractivity contribution is 6.32. The number of halogens is 1. The molecule has 34 heavy (non-hydrogen) atoms. The van der Waals surface area contributed by atoms with Crippen LogP contribution in [-0.4, -0.2) is 61.0 Å². The fourth-order valence-electron chi connectivity index (χ4n) is 3.96. The second-order valence-electron chi connectivity index (χ2n) is 8.84. The molecule has 2 fully saturated rings. The van der Waals surface area contributed by atoms with Crippen LogP contribution >= 0.6 is 11.6 Å². The molecule has 5 N–H and O–H groups in total. The fraction of sp³-hybridized carbons (Fsp3) is 0.583. The molecule has 4 rings (SSSR count). The Bertz CT molecular complexity index is 972. The van der Waals surface area contributed by atoms with Crippen LogP contribution in [0.4, 0.5) is 11.8 Å². The van der Waals surface area contributed by atoms with E-state index < -0.39 is 0 Å². The largest absolute Gasteiger partial charge is 0.492 e. The van der Waals surface area contributed by atoms with Crippen LogP contribution in [0.5, 0.6) is 5.75 Å². The molecule has 2 heterocycles. The predicted octanol–water partition coefficient (Wildman–Crippen LogP) is 3.08. The highest BCUT2D eigenvalue weighted by Gasteiger charge is 2.26. The number of benzene rings is 1. The smallest absolute Gasteiger partial charge is 0.271 e. The topological polar surface area (TPSA) is 115 Å². The summed E-state index contributed by atoms with van der Waals surface area (Å²) in [6, 6.07) is 6.01. The summed E-state index contributed by atoms with van der Waals surface area (Å²) in [4.78, 5) is 17.8. The molecule has 0 spiro atoms. The van der Waals surface area contributed by atoms with E-state index in [-0.39, 0.29) is 11.9 Å². The molecule has 1 aliphatic carbocycles. The third kappa shape index (κ3) is 6.34. The number of amides is 1. The van der Waals surface area contributed by atoms with Gasteiger partial charge in [-0.1, -0.05) is 17.7 Å². The van der Waals surface area contributed by atoms with Gasteiger partial charge < -0.3 is 31.2 Å². The van der Waals surface area contributed by atoms with Crippen molar-refractivity contribution in [2.45, 2.75) is 45.2 Å². The Balaban J connectivity index is 1.63. The molecule has 0 bridgehead atoms. The Morgan fingerprint density at radius 3 is 2.76 bits per heavy atom. The van der Waals surface area contributed by atoms with E-state index in [1.54, 1.807) is 0 Å². The van der Waals surface area contributed by atoms with Gasteiger partial charge in [-0.05, 0) is 56.2 Å². The highest BCUT2D eigenvalue weighted by Crippen LogP contribution is 2.33. The van der Waals surface area contributed by atoms with E-state index in [4.69, 9.17) is 31.8 Å². The van der Waals surface area contributed by atoms with Crippen LogP contribution in [0, 0.1) is 5.92 Å². The molecule has 2 aliphatic rings. The van der Waals surface area contributed by atoms with Crippen molar-refractivity contribution >= 4 is 29.3 Å². The fourth-order valence-corrected chi connectivity index (χ4v) is 4.22. The molecule has 1 aromatic heterocycles. The maximum absolute atomic E-state index is 13.1. The molecular formula is C24H35ClN6O3. The number of rotatable bonds is 12. The van der Waals surface area contributed by atoms with Gasteiger partial charge in [-0.15, -0.1) is 0 Å². The molecule has 1 aliphatic heterocycles. The van der Waals surface area contributed by atoms with Crippen LogP contribution in [0.2, 0.25) is 5.02 Å². The van der Waals surface area contributed by atoms with Crippen molar-refractivity contribution < 1.29 is 14.3 Å². The lowest BCUT2D eigenvalue weighted by molar-refractivity contribution is 0.0901. The molecule has 2 aromatic rings. The SMILES string of the molecule is CCNC(=O)c1c(NCCN)nc(NC2CCOCC2)n1Cc1ccc(OCC2CC2)c(Cl)c1. The van der Waals surface area contributed by atoms with E-state index in [9.17, 15) is 4.79 Å². The van der Waals surface area contributed by atoms with Gasteiger partial charge in [-0.3, -0.25) is 9.36 Å². The first-order chi connectivity index (χ1) is 16.6. The molecule has 1 saturated carbocycles. The number of nitrogens with zero attached hydrogens (tertiary/aromatic N) is 2. The van der Waals surface area contributed by atoms with Crippen LogP contribution in [0.1, 0.15) is 48.7 Å². The summed E-state index contributed by atoms with van der Waals surface area (Å²) in [5, 5.41) is 10.2. The third-order valence-corrected chi connectivity index (χ3v) is 6.32. The molecule has 1 saturated heterocycles. The Kier molecular flexibility index (Phi) is 8.53. The molecule has 9 nitrogen and oxygen atoms in total. The van der Waals surface area contributed by atoms with Crippen LogP contribution in [0.3, 0.4) is 0 Å². The van der Waals surface area contributed by atoms with Gasteiger partial charge in [0.15, 0.2) is 11.5 Å². The minimum absolute atomic E-state index is 0.190. The number of aromatic nitrogens is 2. The van der Waals surface area contributed by atoms with E-state index in [0.29, 0.717) is 80.1 Å². The molecular weight excluding hydrogens is 456 g/mol. The maximum atomic E-state index is 13.1. The van der Waals surface area contributed by atoms with Crippen molar-refractivity contribution in [3.63, 3.8) is 0 Å². The second-order valence-corrected chi connectivity index (χ2v) is 9.25. The molecule has 1 aromatic carbocycles. The number of hydrogen-bond donors (Lipinski definition) is 4. The maximum Gasteiger partial charge on any atom is 0.271 e. The van der Waals surface area contributed by atoms with E-state index in [1.807, 2.05) is 29.7 Å². The summed E-state index contributed by atoms with van der Waals surface area (Å²) in [6.45, 7) is 5.90. The van der Waals surface area contributed by atoms with Crippen LogP contribution < -0.4 is 26.4 Å². The molecule has 1 amide bonds. The van der Waals surface area contributed by atoms with Gasteiger partial charge in [0, 0.05) is 38.9 Å². The molecule has 186 valence electrons. The zero-order chi connectivity index (χ0) is 23.9. The Hall–Kier alpha value is -2.49. The summed E-state index contributed by atoms with van der Waals surface area (Å²) in [5.41, 5.74) is 7.12. The van der Waals surface area contributed by atoms with Gasteiger partial charge in [0.25, 0.3) is 5.91 Å². The number of hydrogen-bond acceptors (Lipinski definition) is 7. The van der Waals surface area contributed by atoms with Gasteiger partial charge >= 0.3 is 0 Å². The van der Waals surface area contributed by atoms with Crippen molar-refractivity contribution in [2.24, 2.45) is 11.7 Å².